The highest BCUT2D eigenvalue weighted by molar-refractivity contribution is 5.47. The maximum Gasteiger partial charge on any atom is 0.131 e. The maximum atomic E-state index is 5.04. The summed E-state index contributed by atoms with van der Waals surface area (Å²) in [4.78, 5) is 8.84. The lowest BCUT2D eigenvalue weighted by molar-refractivity contribution is 0.198. The molecule has 0 saturated heterocycles. The van der Waals surface area contributed by atoms with E-state index in [-0.39, 0.29) is 0 Å². The summed E-state index contributed by atoms with van der Waals surface area (Å²) in [7, 11) is 1.71. The van der Waals surface area contributed by atoms with E-state index in [0.717, 1.165) is 56.4 Å². The molecule has 0 saturated carbocycles. The molecule has 0 unspecified atom stereocenters. The number of hydrogen-bond acceptors (Lipinski definition) is 5. The molecule has 2 rings (SSSR count). The summed E-state index contributed by atoms with van der Waals surface area (Å²) in [6.45, 7) is 4.41. The molecular weight excluding hydrogens is 288 g/mol. The van der Waals surface area contributed by atoms with E-state index in [1.54, 1.807) is 7.11 Å². The molecule has 1 heterocycles. The highest BCUT2D eigenvalue weighted by Gasteiger charge is 2.01. The zero-order valence-electron chi connectivity index (χ0n) is 14.0. The van der Waals surface area contributed by atoms with Crippen LogP contribution in [0.25, 0.3) is 0 Å². The van der Waals surface area contributed by atoms with Gasteiger partial charge in [0.05, 0.1) is 0 Å². The number of aromatic nitrogens is 2. The highest BCUT2D eigenvalue weighted by atomic mass is 16.5. The SMILES string of the molecule is COCCCNc1cc(NCCCc2ccccc2)nc(C)n1. The van der Waals surface area contributed by atoms with Crippen molar-refractivity contribution in [3.63, 3.8) is 0 Å². The van der Waals surface area contributed by atoms with E-state index < -0.39 is 0 Å². The number of aryl methyl sites for hydroxylation is 2. The summed E-state index contributed by atoms with van der Waals surface area (Å²) < 4.78 is 5.04. The van der Waals surface area contributed by atoms with Crippen LogP contribution in [0.15, 0.2) is 36.4 Å². The monoisotopic (exact) mass is 314 g/mol. The van der Waals surface area contributed by atoms with Gasteiger partial charge in [-0.05, 0) is 31.7 Å². The van der Waals surface area contributed by atoms with Crippen LogP contribution in [0, 0.1) is 6.92 Å². The summed E-state index contributed by atoms with van der Waals surface area (Å²) in [6, 6.07) is 12.5. The smallest absolute Gasteiger partial charge is 0.131 e. The summed E-state index contributed by atoms with van der Waals surface area (Å²) >= 11 is 0. The summed E-state index contributed by atoms with van der Waals surface area (Å²) in [6.07, 6.45) is 3.10. The molecule has 2 aromatic rings. The zero-order chi connectivity index (χ0) is 16.3. The number of nitrogens with one attached hydrogen (secondary N) is 2. The molecule has 0 radical (unpaired) electrons. The third kappa shape index (κ3) is 6.65. The molecule has 0 amide bonds. The first-order chi connectivity index (χ1) is 11.3. The lowest BCUT2D eigenvalue weighted by Crippen LogP contribution is -2.10. The van der Waals surface area contributed by atoms with E-state index in [2.05, 4.69) is 44.9 Å². The Labute approximate surface area is 138 Å². The molecule has 0 fully saturated rings. The first-order valence-electron chi connectivity index (χ1n) is 8.14. The molecule has 23 heavy (non-hydrogen) atoms. The van der Waals surface area contributed by atoms with Crippen LogP contribution in [-0.2, 0) is 11.2 Å². The van der Waals surface area contributed by atoms with Crippen molar-refractivity contribution in [3.05, 3.63) is 47.8 Å². The Kier molecular flexibility index (Phi) is 7.33. The Balaban J connectivity index is 1.76. The van der Waals surface area contributed by atoms with Gasteiger partial charge < -0.3 is 15.4 Å². The second-order valence-electron chi connectivity index (χ2n) is 5.47. The molecule has 0 aliphatic carbocycles. The van der Waals surface area contributed by atoms with Crippen molar-refractivity contribution in [2.24, 2.45) is 0 Å². The molecule has 1 aromatic heterocycles. The molecular formula is C18H26N4O. The van der Waals surface area contributed by atoms with Gasteiger partial charge in [0.25, 0.3) is 0 Å². The Morgan fingerprint density at radius 2 is 1.61 bits per heavy atom. The van der Waals surface area contributed by atoms with Crippen molar-refractivity contribution in [2.75, 3.05) is 37.4 Å². The van der Waals surface area contributed by atoms with E-state index in [1.807, 2.05) is 19.1 Å². The number of nitrogens with zero attached hydrogens (tertiary/aromatic N) is 2. The van der Waals surface area contributed by atoms with E-state index in [1.165, 1.54) is 5.56 Å². The van der Waals surface area contributed by atoms with Crippen molar-refractivity contribution < 1.29 is 4.74 Å². The Morgan fingerprint density at radius 1 is 0.957 bits per heavy atom. The highest BCUT2D eigenvalue weighted by Crippen LogP contribution is 2.11. The first kappa shape index (κ1) is 17.2. The summed E-state index contributed by atoms with van der Waals surface area (Å²) in [5, 5.41) is 6.69. The van der Waals surface area contributed by atoms with E-state index in [0.29, 0.717) is 0 Å². The molecule has 0 aliphatic heterocycles. The van der Waals surface area contributed by atoms with Crippen molar-refractivity contribution in [1.29, 1.82) is 0 Å². The minimum Gasteiger partial charge on any atom is -0.385 e. The second kappa shape index (κ2) is 9.79. The van der Waals surface area contributed by atoms with Crippen molar-refractivity contribution >= 4 is 11.6 Å². The average molecular weight is 314 g/mol. The van der Waals surface area contributed by atoms with Crippen LogP contribution in [0.1, 0.15) is 24.2 Å². The van der Waals surface area contributed by atoms with E-state index in [4.69, 9.17) is 4.74 Å². The predicted octanol–water partition coefficient (Wildman–Crippen LogP) is 3.28. The number of ether oxygens (including phenoxy) is 1. The number of benzene rings is 1. The molecule has 5 heteroatoms. The Bertz CT molecular complexity index is 574. The number of anilines is 2. The summed E-state index contributed by atoms with van der Waals surface area (Å²) in [5.74, 6) is 2.51. The third-order valence-corrected chi connectivity index (χ3v) is 3.46. The van der Waals surface area contributed by atoms with E-state index in [9.17, 15) is 0 Å². The fourth-order valence-electron chi connectivity index (χ4n) is 2.34. The largest absolute Gasteiger partial charge is 0.385 e. The van der Waals surface area contributed by atoms with Gasteiger partial charge in [-0.25, -0.2) is 9.97 Å². The molecule has 0 bridgehead atoms. The van der Waals surface area contributed by atoms with Gasteiger partial charge in [-0.1, -0.05) is 30.3 Å². The third-order valence-electron chi connectivity index (χ3n) is 3.46. The van der Waals surface area contributed by atoms with Gasteiger partial charge >= 0.3 is 0 Å². The van der Waals surface area contributed by atoms with Gasteiger partial charge in [0.1, 0.15) is 17.5 Å². The van der Waals surface area contributed by atoms with Crippen LogP contribution >= 0.6 is 0 Å². The van der Waals surface area contributed by atoms with Gasteiger partial charge in [-0.2, -0.15) is 0 Å². The molecule has 0 aliphatic rings. The van der Waals surface area contributed by atoms with Gasteiger partial charge in [0.15, 0.2) is 0 Å². The van der Waals surface area contributed by atoms with Crippen LogP contribution < -0.4 is 10.6 Å². The van der Waals surface area contributed by atoms with Gasteiger partial charge in [0, 0.05) is 32.9 Å². The van der Waals surface area contributed by atoms with Gasteiger partial charge in [-0.15, -0.1) is 0 Å². The van der Waals surface area contributed by atoms with Gasteiger partial charge in [-0.3, -0.25) is 0 Å². The molecule has 1 aromatic carbocycles. The molecule has 0 spiro atoms. The minimum absolute atomic E-state index is 0.752. The Hall–Kier alpha value is -2.14. The average Bonchev–Trinajstić information content (AvgIpc) is 2.56. The quantitative estimate of drug-likeness (QED) is 0.659. The van der Waals surface area contributed by atoms with Gasteiger partial charge in [0.2, 0.25) is 0 Å². The molecule has 124 valence electrons. The van der Waals surface area contributed by atoms with E-state index >= 15 is 0 Å². The molecule has 0 atom stereocenters. The number of hydrogen-bond donors (Lipinski definition) is 2. The van der Waals surface area contributed by atoms with Crippen molar-refractivity contribution in [2.45, 2.75) is 26.2 Å². The molecule has 2 N–H and O–H groups in total. The standard InChI is InChI=1S/C18H26N4O/c1-15-21-17(14-18(22-15)20-12-7-13-23-2)19-11-6-10-16-8-4-3-5-9-16/h3-5,8-9,14H,6-7,10-13H2,1-2H3,(H2,19,20,21,22). The fraction of sp³-hybridized carbons (Fsp3) is 0.444. The second-order valence-corrected chi connectivity index (χ2v) is 5.47. The summed E-state index contributed by atoms with van der Waals surface area (Å²) in [5.41, 5.74) is 1.37. The fourth-order valence-corrected chi connectivity index (χ4v) is 2.34. The van der Waals surface area contributed by atoms with Crippen LogP contribution in [0.5, 0.6) is 0 Å². The first-order valence-corrected chi connectivity index (χ1v) is 8.14. The zero-order valence-corrected chi connectivity index (χ0v) is 14.0. The lowest BCUT2D eigenvalue weighted by atomic mass is 10.1. The maximum absolute atomic E-state index is 5.04. The van der Waals surface area contributed by atoms with Crippen LogP contribution in [0.2, 0.25) is 0 Å². The van der Waals surface area contributed by atoms with Crippen molar-refractivity contribution in [3.8, 4) is 0 Å². The number of methoxy groups -OCH3 is 1. The minimum atomic E-state index is 0.752. The van der Waals surface area contributed by atoms with Crippen LogP contribution in [-0.4, -0.2) is 36.8 Å². The molecule has 5 nitrogen and oxygen atoms in total. The lowest BCUT2D eigenvalue weighted by Gasteiger charge is -2.10. The number of rotatable bonds is 10. The van der Waals surface area contributed by atoms with Crippen LogP contribution in [0.3, 0.4) is 0 Å². The topological polar surface area (TPSA) is 59.1 Å². The normalized spacial score (nSPS) is 10.5. The predicted molar refractivity (Wildman–Crippen MR) is 95.0 cm³/mol. The Morgan fingerprint density at radius 3 is 2.26 bits per heavy atom. The van der Waals surface area contributed by atoms with Crippen LogP contribution in [0.4, 0.5) is 11.6 Å². The van der Waals surface area contributed by atoms with Crippen molar-refractivity contribution in [1.82, 2.24) is 9.97 Å².